The van der Waals surface area contributed by atoms with Gasteiger partial charge in [0.15, 0.2) is 11.0 Å². The van der Waals surface area contributed by atoms with Gasteiger partial charge in [0.1, 0.15) is 11.6 Å². The molecule has 0 atom stereocenters. The number of H-pyrrole nitrogens is 1. The van der Waals surface area contributed by atoms with Crippen molar-refractivity contribution in [2.24, 2.45) is 5.92 Å². The summed E-state index contributed by atoms with van der Waals surface area (Å²) in [6, 6.07) is 9.81. The number of hydrogen-bond acceptors (Lipinski definition) is 9. The fraction of sp³-hybridized carbons (Fsp3) is 0.462. The Bertz CT molecular complexity index is 1220. The minimum Gasteiger partial charge on any atom is -0.383 e. The van der Waals surface area contributed by atoms with E-state index in [9.17, 15) is 4.79 Å². The van der Waals surface area contributed by atoms with E-state index in [-0.39, 0.29) is 11.8 Å². The number of hydrogen-bond donors (Lipinski definition) is 3. The molecular weight excluding hydrogens is 488 g/mol. The van der Waals surface area contributed by atoms with Gasteiger partial charge in [-0.1, -0.05) is 0 Å². The molecule has 3 aromatic rings. The number of anilines is 4. The third-order valence-electron chi connectivity index (χ3n) is 6.61. The summed E-state index contributed by atoms with van der Waals surface area (Å²) in [4.78, 5) is 27.7. The fourth-order valence-corrected chi connectivity index (χ4v) is 5.02. The van der Waals surface area contributed by atoms with Crippen molar-refractivity contribution in [2.75, 3.05) is 62.0 Å². The zero-order chi connectivity index (χ0) is 25.8. The molecule has 0 spiro atoms. The van der Waals surface area contributed by atoms with Crippen molar-refractivity contribution in [3.63, 3.8) is 0 Å². The molecule has 2 aromatic heterocycles. The van der Waals surface area contributed by atoms with E-state index < -0.39 is 0 Å². The number of methoxy groups -OCH3 is 1. The van der Waals surface area contributed by atoms with Crippen LogP contribution in [-0.2, 0) is 9.53 Å². The van der Waals surface area contributed by atoms with Crippen LogP contribution in [0.15, 0.2) is 40.4 Å². The van der Waals surface area contributed by atoms with Crippen molar-refractivity contribution in [1.29, 1.82) is 0 Å². The van der Waals surface area contributed by atoms with Gasteiger partial charge in [-0.25, -0.2) is 9.97 Å². The van der Waals surface area contributed by atoms with Crippen LogP contribution in [0, 0.1) is 19.8 Å². The second kappa shape index (κ2) is 11.5. The molecule has 0 bridgehead atoms. The molecule has 2 aliphatic rings. The van der Waals surface area contributed by atoms with Crippen molar-refractivity contribution in [3.8, 4) is 0 Å². The van der Waals surface area contributed by atoms with Crippen molar-refractivity contribution in [2.45, 2.75) is 36.7 Å². The quantitative estimate of drug-likeness (QED) is 0.342. The first kappa shape index (κ1) is 25.5. The summed E-state index contributed by atoms with van der Waals surface area (Å²) in [5.74, 6) is 2.69. The van der Waals surface area contributed by atoms with Gasteiger partial charge in [0.05, 0.1) is 6.61 Å². The summed E-state index contributed by atoms with van der Waals surface area (Å²) >= 11 is 1.51. The SMILES string of the molecule is COCCN1CCN(c2nc(Sc3ccc(NC(=O)C4CC4)cc3)nc(Nc3cc(C)[nH]n3)c2C)CC1. The summed E-state index contributed by atoms with van der Waals surface area (Å²) < 4.78 is 5.24. The molecule has 1 aromatic carbocycles. The average Bonchev–Trinajstić information content (AvgIpc) is 3.68. The first-order valence-electron chi connectivity index (χ1n) is 12.7. The van der Waals surface area contributed by atoms with Crippen molar-refractivity contribution in [1.82, 2.24) is 25.1 Å². The van der Waals surface area contributed by atoms with Gasteiger partial charge in [-0.05, 0) is 62.7 Å². The van der Waals surface area contributed by atoms with E-state index in [4.69, 9.17) is 14.7 Å². The number of carbonyl (C=O) groups excluding carboxylic acids is 1. The minimum atomic E-state index is 0.110. The van der Waals surface area contributed by atoms with Crippen molar-refractivity contribution < 1.29 is 9.53 Å². The topological polar surface area (TPSA) is 111 Å². The minimum absolute atomic E-state index is 0.110. The molecule has 3 heterocycles. The lowest BCUT2D eigenvalue weighted by Gasteiger charge is -2.36. The summed E-state index contributed by atoms with van der Waals surface area (Å²) in [5.41, 5.74) is 2.79. The average molecular weight is 523 g/mol. The molecule has 11 heteroatoms. The van der Waals surface area contributed by atoms with Crippen LogP contribution in [0.4, 0.5) is 23.1 Å². The van der Waals surface area contributed by atoms with Crippen LogP contribution in [-0.4, -0.2) is 77.4 Å². The monoisotopic (exact) mass is 522 g/mol. The lowest BCUT2D eigenvalue weighted by atomic mass is 10.2. The number of piperazine rings is 1. The van der Waals surface area contributed by atoms with Crippen molar-refractivity contribution >= 4 is 40.8 Å². The molecule has 3 N–H and O–H groups in total. The van der Waals surface area contributed by atoms with Gasteiger partial charge < -0.3 is 20.3 Å². The Balaban J connectivity index is 1.35. The van der Waals surface area contributed by atoms with Gasteiger partial charge in [-0.2, -0.15) is 5.10 Å². The van der Waals surface area contributed by atoms with Crippen molar-refractivity contribution in [3.05, 3.63) is 41.6 Å². The van der Waals surface area contributed by atoms with Gasteiger partial charge in [-0.15, -0.1) is 0 Å². The van der Waals surface area contributed by atoms with Gasteiger partial charge in [-0.3, -0.25) is 14.8 Å². The molecule has 1 saturated carbocycles. The summed E-state index contributed by atoms with van der Waals surface area (Å²) in [5, 5.41) is 14.3. The summed E-state index contributed by atoms with van der Waals surface area (Å²) in [6.45, 7) is 9.42. The molecular formula is C26H34N8O2S. The highest BCUT2D eigenvalue weighted by Crippen LogP contribution is 2.34. The first-order chi connectivity index (χ1) is 18.0. The molecule has 10 nitrogen and oxygen atoms in total. The van der Waals surface area contributed by atoms with Gasteiger partial charge in [0.2, 0.25) is 5.91 Å². The Hall–Kier alpha value is -3.15. The van der Waals surface area contributed by atoms with E-state index in [0.29, 0.717) is 5.16 Å². The molecule has 0 unspecified atom stereocenters. The number of ether oxygens (including phenoxy) is 1. The zero-order valence-electron chi connectivity index (χ0n) is 21.6. The molecule has 0 radical (unpaired) electrons. The van der Waals surface area contributed by atoms with E-state index in [0.717, 1.165) is 91.5 Å². The number of carbonyl (C=O) groups is 1. The molecule has 1 aliphatic carbocycles. The van der Waals surface area contributed by atoms with E-state index >= 15 is 0 Å². The number of aromatic amines is 1. The van der Waals surface area contributed by atoms with E-state index in [1.807, 2.05) is 37.3 Å². The van der Waals surface area contributed by atoms with Gasteiger partial charge >= 0.3 is 0 Å². The number of benzene rings is 1. The predicted molar refractivity (Wildman–Crippen MR) is 146 cm³/mol. The predicted octanol–water partition coefficient (Wildman–Crippen LogP) is 3.83. The van der Waals surface area contributed by atoms with Crippen LogP contribution in [0.3, 0.4) is 0 Å². The highest BCUT2D eigenvalue weighted by atomic mass is 32.2. The van der Waals surface area contributed by atoms with Gasteiger partial charge in [0.25, 0.3) is 0 Å². The highest BCUT2D eigenvalue weighted by Gasteiger charge is 2.29. The van der Waals surface area contributed by atoms with Crippen LogP contribution in [0.1, 0.15) is 24.1 Å². The maximum atomic E-state index is 12.1. The van der Waals surface area contributed by atoms with Crippen LogP contribution in [0.25, 0.3) is 0 Å². The number of aryl methyl sites for hydroxylation is 1. The van der Waals surface area contributed by atoms with Crippen LogP contribution < -0.4 is 15.5 Å². The van der Waals surface area contributed by atoms with Crippen LogP contribution in [0.2, 0.25) is 0 Å². The molecule has 196 valence electrons. The summed E-state index contributed by atoms with van der Waals surface area (Å²) in [6.07, 6.45) is 1.98. The Labute approximate surface area is 221 Å². The lowest BCUT2D eigenvalue weighted by molar-refractivity contribution is -0.117. The van der Waals surface area contributed by atoms with E-state index in [2.05, 4.69) is 37.6 Å². The maximum absolute atomic E-state index is 12.1. The highest BCUT2D eigenvalue weighted by molar-refractivity contribution is 7.99. The number of nitrogens with zero attached hydrogens (tertiary/aromatic N) is 5. The molecule has 1 amide bonds. The normalized spacial score (nSPS) is 16.1. The fourth-order valence-electron chi connectivity index (χ4n) is 4.27. The molecule has 2 fully saturated rings. The number of aromatic nitrogens is 4. The Morgan fingerprint density at radius 1 is 1.14 bits per heavy atom. The van der Waals surface area contributed by atoms with E-state index in [1.54, 1.807) is 7.11 Å². The first-order valence-corrected chi connectivity index (χ1v) is 13.5. The standard InChI is InChI=1S/C26H34N8O2S/c1-17-16-22(32-31-17)28-23-18(2)24(34-12-10-33(11-13-34)14-15-36-3)30-26(29-23)37-21-8-6-20(7-9-21)27-25(35)19-4-5-19/h6-9,16,19H,4-5,10-15H2,1-3H3,(H,27,35)(H2,28,29,30,31,32). The second-order valence-electron chi connectivity index (χ2n) is 9.58. The molecule has 5 rings (SSSR count). The zero-order valence-corrected chi connectivity index (χ0v) is 22.4. The van der Waals surface area contributed by atoms with Crippen LogP contribution >= 0.6 is 11.8 Å². The van der Waals surface area contributed by atoms with E-state index in [1.165, 1.54) is 11.8 Å². The maximum Gasteiger partial charge on any atom is 0.227 e. The largest absolute Gasteiger partial charge is 0.383 e. The number of nitrogens with one attached hydrogen (secondary N) is 3. The molecule has 37 heavy (non-hydrogen) atoms. The smallest absolute Gasteiger partial charge is 0.227 e. The number of rotatable bonds is 10. The molecule has 1 saturated heterocycles. The van der Waals surface area contributed by atoms with Gasteiger partial charge in [0, 0.05) is 73.7 Å². The Morgan fingerprint density at radius 3 is 2.54 bits per heavy atom. The second-order valence-corrected chi connectivity index (χ2v) is 10.6. The third kappa shape index (κ3) is 6.60. The van der Waals surface area contributed by atoms with Crippen LogP contribution in [0.5, 0.6) is 0 Å². The summed E-state index contributed by atoms with van der Waals surface area (Å²) in [7, 11) is 1.74. The molecule has 1 aliphatic heterocycles. The Kier molecular flexibility index (Phi) is 7.92. The Morgan fingerprint density at radius 2 is 1.89 bits per heavy atom. The number of amides is 1. The third-order valence-corrected chi connectivity index (χ3v) is 7.49. The lowest BCUT2D eigenvalue weighted by Crippen LogP contribution is -2.47.